The molecule has 8 heterocycles. The minimum absolute atomic E-state index is 0.0962. The summed E-state index contributed by atoms with van der Waals surface area (Å²) in [6.07, 6.45) is 18.4. The van der Waals surface area contributed by atoms with Crippen LogP contribution in [0.15, 0.2) is 94.4 Å². The maximum atomic E-state index is 9.87. The minimum Gasteiger partial charge on any atom is -0.496 e. The fraction of sp³-hybridized carbons (Fsp3) is 0.477. The van der Waals surface area contributed by atoms with E-state index in [1.54, 1.807) is 24.9 Å². The van der Waals surface area contributed by atoms with Gasteiger partial charge in [0.2, 0.25) is 0 Å². The smallest absolute Gasteiger partial charge is 0.165 e. The molecule has 0 radical (unpaired) electrons. The SMILES string of the molecule is COc1ccc(-c2ccc(-c3cnn4c(N(COCC[Si](C)(C)C)COCC[Si](C)(C)C)c(Br)c(C5CC6CCC(C6)C5)nc34)cn2)cc1CO.COc1ccc(-c2ccc(-c3cnn4c(N)c(Br)c(C5CC6CCC(C5)N6)nc34)cn2)cc1CO. The highest BCUT2D eigenvalue weighted by atomic mass is 79.9. The van der Waals surface area contributed by atoms with E-state index < -0.39 is 16.1 Å². The van der Waals surface area contributed by atoms with Crippen molar-refractivity contribution >= 4 is 70.9 Å². The summed E-state index contributed by atoms with van der Waals surface area (Å²) in [5.74, 6) is 5.13. The van der Waals surface area contributed by atoms with Gasteiger partial charge < -0.3 is 45.1 Å². The van der Waals surface area contributed by atoms with Gasteiger partial charge in [0, 0.05) is 110 Å². The van der Waals surface area contributed by atoms with Crippen LogP contribution in [-0.2, 0) is 22.7 Å². The standard InChI is InChI=1S/C39H56BrN5O4Si2.C26H27BrN6O2/c1-47-35-13-11-29(21-32(35)24-46)34-12-10-30(22-41-34)33-23-42-45-38(33)43-37(31-19-27-8-9-28(18-27)20-31)36(40)39(45)44(25-48-14-16-50(2,3)4)26-49-15-17-51(5,6)7;1-35-22-7-3-14(8-17(22)13-34)21-6-2-15(11-29-21)20-12-30-33-25(28)23(27)24(32-26(20)33)16-9-18-4-5-19(10-16)31-18/h10-13,21-23,27-28,31,46H,8-9,14-20,24-26H2,1-7H3;2-3,6-8,11-12,16,18-19,31,34H,4-5,9-10,13,28H2,1H3. The van der Waals surface area contributed by atoms with E-state index >= 15 is 0 Å². The summed E-state index contributed by atoms with van der Waals surface area (Å²) in [5.41, 5.74) is 18.8. The number of fused-ring (bicyclic) bond motifs is 6. The lowest BCUT2D eigenvalue weighted by Crippen LogP contribution is -2.37. The number of nitrogens with two attached hydrogens (primary N) is 1. The Bertz CT molecular complexity index is 3620. The Morgan fingerprint density at radius 1 is 0.593 bits per heavy atom. The number of methoxy groups -OCH3 is 2. The molecule has 0 amide bonds. The summed E-state index contributed by atoms with van der Waals surface area (Å²) in [6.45, 7) is 16.4. The highest BCUT2D eigenvalue weighted by Gasteiger charge is 2.39. The molecule has 2 aromatic carbocycles. The highest BCUT2D eigenvalue weighted by molar-refractivity contribution is 9.11. The monoisotopic (exact) mass is 1330 g/mol. The third-order valence-corrected chi connectivity index (χ3v) is 22.8. The van der Waals surface area contributed by atoms with Crippen LogP contribution in [0.4, 0.5) is 11.6 Å². The van der Waals surface area contributed by atoms with Gasteiger partial charge in [0.15, 0.2) is 17.1 Å². The molecular weight excluding hydrogens is 1250 g/mol. The van der Waals surface area contributed by atoms with Gasteiger partial charge in [-0.25, -0.2) is 9.97 Å². The molecule has 86 heavy (non-hydrogen) atoms. The first-order valence-corrected chi connectivity index (χ1v) is 39.4. The molecule has 4 aliphatic rings. The van der Waals surface area contributed by atoms with E-state index in [1.165, 1.54) is 44.9 Å². The normalized spacial score (nSPS) is 20.1. The Morgan fingerprint density at radius 2 is 1.06 bits per heavy atom. The maximum absolute atomic E-state index is 9.87. The summed E-state index contributed by atoms with van der Waals surface area (Å²) < 4.78 is 29.0. The molecule has 2 saturated heterocycles. The second-order valence-corrected chi connectivity index (χ2v) is 39.2. The lowest BCUT2D eigenvalue weighted by atomic mass is 9.79. The zero-order chi connectivity index (χ0) is 60.4. The molecule has 5 N–H and O–H groups in total. The van der Waals surface area contributed by atoms with E-state index in [2.05, 4.69) is 97.5 Å². The van der Waals surface area contributed by atoms with Crippen LogP contribution in [0.2, 0.25) is 51.4 Å². The van der Waals surface area contributed by atoms with Crippen molar-refractivity contribution in [1.29, 1.82) is 0 Å². The molecule has 4 bridgehead atoms. The van der Waals surface area contributed by atoms with Crippen LogP contribution < -0.4 is 25.4 Å². The van der Waals surface area contributed by atoms with Crippen molar-refractivity contribution < 1.29 is 29.2 Å². The van der Waals surface area contributed by atoms with Crippen LogP contribution in [0, 0.1) is 11.8 Å². The average Bonchev–Trinajstić information content (AvgIpc) is 1.64. The largest absolute Gasteiger partial charge is 0.496 e. The second-order valence-electron chi connectivity index (χ2n) is 26.4. The van der Waals surface area contributed by atoms with Gasteiger partial charge in [0.1, 0.15) is 30.8 Å². The molecule has 0 spiro atoms. The van der Waals surface area contributed by atoms with E-state index in [9.17, 15) is 10.2 Å². The van der Waals surface area contributed by atoms with Gasteiger partial charge in [0.25, 0.3) is 0 Å². The van der Waals surface area contributed by atoms with Crippen LogP contribution >= 0.6 is 31.9 Å². The van der Waals surface area contributed by atoms with Gasteiger partial charge in [0.05, 0.1) is 71.5 Å². The van der Waals surface area contributed by atoms with E-state index in [-0.39, 0.29) is 13.2 Å². The summed E-state index contributed by atoms with van der Waals surface area (Å²) >= 11 is 7.81. The van der Waals surface area contributed by atoms with Gasteiger partial charge in [-0.15, -0.1) is 0 Å². The molecule has 456 valence electrons. The molecule has 4 fully saturated rings. The van der Waals surface area contributed by atoms with E-state index in [0.29, 0.717) is 54.7 Å². The number of halogens is 2. The van der Waals surface area contributed by atoms with Crippen molar-refractivity contribution in [3.05, 3.63) is 117 Å². The van der Waals surface area contributed by atoms with Crippen molar-refractivity contribution in [1.82, 2.24) is 44.5 Å². The lowest BCUT2D eigenvalue weighted by Gasteiger charge is -2.31. The molecular formula is C65H83Br2N11O6Si2. The van der Waals surface area contributed by atoms with Gasteiger partial charge >= 0.3 is 0 Å². The Balaban J connectivity index is 0.000000191. The zero-order valence-corrected chi connectivity index (χ0v) is 56.1. The molecule has 6 aromatic heterocycles. The number of aliphatic hydroxyl groups excluding tert-OH is 2. The topological polar surface area (TPSA) is 205 Å². The molecule has 4 atom stereocenters. The highest BCUT2D eigenvalue weighted by Crippen LogP contribution is 2.51. The average molecular weight is 1330 g/mol. The number of hydrogen-bond donors (Lipinski definition) is 4. The van der Waals surface area contributed by atoms with Crippen molar-refractivity contribution in [2.24, 2.45) is 11.8 Å². The number of aromatic nitrogens is 8. The van der Waals surface area contributed by atoms with Crippen molar-refractivity contribution in [2.75, 3.05) is 51.5 Å². The Labute approximate surface area is 524 Å². The van der Waals surface area contributed by atoms with Crippen molar-refractivity contribution in [2.45, 2.75) is 146 Å². The molecule has 17 nitrogen and oxygen atoms in total. The molecule has 12 rings (SSSR count). The van der Waals surface area contributed by atoms with Crippen LogP contribution in [0.3, 0.4) is 0 Å². The summed E-state index contributed by atoms with van der Waals surface area (Å²) in [6, 6.07) is 22.9. The lowest BCUT2D eigenvalue weighted by molar-refractivity contribution is 0.0941. The molecule has 2 saturated carbocycles. The number of hydrogen-bond acceptors (Lipinski definition) is 15. The second kappa shape index (κ2) is 26.6. The Kier molecular flexibility index (Phi) is 19.2. The van der Waals surface area contributed by atoms with Crippen LogP contribution in [0.25, 0.3) is 56.1 Å². The maximum Gasteiger partial charge on any atom is 0.165 e. The van der Waals surface area contributed by atoms with Crippen molar-refractivity contribution in [3.63, 3.8) is 0 Å². The fourth-order valence-corrected chi connectivity index (χ4v) is 16.0. The van der Waals surface area contributed by atoms with Gasteiger partial charge in [-0.2, -0.15) is 19.2 Å². The van der Waals surface area contributed by atoms with E-state index in [1.807, 2.05) is 77.7 Å². The van der Waals surface area contributed by atoms with E-state index in [0.717, 1.165) is 143 Å². The number of aliphatic hydroxyl groups is 2. The Hall–Kier alpha value is -5.63. The number of nitrogens with zero attached hydrogens (tertiary/aromatic N) is 9. The number of pyridine rings is 2. The zero-order valence-electron chi connectivity index (χ0n) is 51.0. The third kappa shape index (κ3) is 13.8. The van der Waals surface area contributed by atoms with Crippen LogP contribution in [-0.4, -0.2) is 119 Å². The Morgan fingerprint density at radius 3 is 1.52 bits per heavy atom. The molecule has 2 aliphatic carbocycles. The molecule has 2 aliphatic heterocycles. The van der Waals surface area contributed by atoms with Crippen molar-refractivity contribution in [3.8, 4) is 56.3 Å². The summed E-state index contributed by atoms with van der Waals surface area (Å²) in [4.78, 5) is 22.3. The predicted molar refractivity (Wildman–Crippen MR) is 353 cm³/mol. The third-order valence-electron chi connectivity index (χ3n) is 17.8. The molecule has 4 unspecified atom stereocenters. The quantitative estimate of drug-likeness (QED) is 0.0300. The molecule has 21 heteroatoms. The minimum atomic E-state index is -1.25. The number of nitrogen functional groups attached to an aromatic ring is 1. The first-order valence-electron chi connectivity index (χ1n) is 30.4. The van der Waals surface area contributed by atoms with Crippen LogP contribution in [0.1, 0.15) is 92.1 Å². The first-order chi connectivity index (χ1) is 41.4. The van der Waals surface area contributed by atoms with Crippen LogP contribution in [0.5, 0.6) is 11.5 Å². The predicted octanol–water partition coefficient (Wildman–Crippen LogP) is 13.7. The fourth-order valence-electron chi connectivity index (χ4n) is 13.1. The summed E-state index contributed by atoms with van der Waals surface area (Å²) in [5, 5.41) is 32.7. The number of rotatable bonds is 21. The van der Waals surface area contributed by atoms with E-state index in [4.69, 9.17) is 44.7 Å². The number of piperidine rings is 1. The van der Waals surface area contributed by atoms with Gasteiger partial charge in [-0.3, -0.25) is 9.97 Å². The summed E-state index contributed by atoms with van der Waals surface area (Å²) in [7, 11) is 0.702. The first kappa shape index (κ1) is 62.0. The number of benzene rings is 2. The van der Waals surface area contributed by atoms with Gasteiger partial charge in [-0.1, -0.05) is 64.3 Å². The molecule has 8 aromatic rings. The number of ether oxygens (including phenoxy) is 4. The van der Waals surface area contributed by atoms with Gasteiger partial charge in [-0.05, 0) is 149 Å². The number of nitrogens with one attached hydrogen (secondary N) is 1. The number of anilines is 2.